The van der Waals surface area contributed by atoms with Crippen molar-refractivity contribution in [3.8, 4) is 0 Å². The summed E-state index contributed by atoms with van der Waals surface area (Å²) in [5.74, 6) is 0.716. The smallest absolute Gasteiger partial charge is 0.314 e. The molecule has 0 bridgehead atoms. The summed E-state index contributed by atoms with van der Waals surface area (Å²) in [5, 5.41) is 13.2. The van der Waals surface area contributed by atoms with Crippen LogP contribution in [0.1, 0.15) is 65.2 Å². The van der Waals surface area contributed by atoms with Gasteiger partial charge in [-0.2, -0.15) is 0 Å². The van der Waals surface area contributed by atoms with Gasteiger partial charge in [-0.25, -0.2) is 4.90 Å². The Kier molecular flexibility index (Phi) is 7.76. The number of amides is 2. The topological polar surface area (TPSA) is 95.9 Å². The van der Waals surface area contributed by atoms with Crippen LogP contribution in [0.2, 0.25) is 0 Å². The van der Waals surface area contributed by atoms with E-state index in [0.29, 0.717) is 12.3 Å². The number of carbonyl (C=O) groups is 3. The molecule has 1 heterocycles. The molecule has 1 aliphatic heterocycles. The molecule has 0 spiro atoms. The number of likely N-dealkylation sites (tertiary alicyclic amines) is 1. The first-order chi connectivity index (χ1) is 13.9. The third-order valence-electron chi connectivity index (χ3n) is 5.97. The largest absolute Gasteiger partial charge is 0.431 e. The summed E-state index contributed by atoms with van der Waals surface area (Å²) in [4.78, 5) is 38.4. The van der Waals surface area contributed by atoms with E-state index in [0.717, 1.165) is 54.9 Å². The summed E-state index contributed by atoms with van der Waals surface area (Å²) in [6, 6.07) is -0.163. The number of thioether (sulfide) groups is 1. The highest BCUT2D eigenvalue weighted by molar-refractivity contribution is 8.00. The van der Waals surface area contributed by atoms with E-state index in [1.165, 1.54) is 11.8 Å². The molecule has 0 aromatic heterocycles. The second-order valence-electron chi connectivity index (χ2n) is 8.32. The van der Waals surface area contributed by atoms with Crippen LogP contribution in [0.4, 0.5) is 0 Å². The summed E-state index contributed by atoms with van der Waals surface area (Å²) in [7, 11) is 0. The van der Waals surface area contributed by atoms with Crippen molar-refractivity contribution >= 4 is 29.5 Å². The highest BCUT2D eigenvalue weighted by Crippen LogP contribution is 2.31. The summed E-state index contributed by atoms with van der Waals surface area (Å²) < 4.78 is 5.59. The van der Waals surface area contributed by atoms with Gasteiger partial charge in [-0.15, -0.1) is 11.8 Å². The number of ether oxygens (including phenoxy) is 1. The Morgan fingerprint density at radius 3 is 2.86 bits per heavy atom. The number of allylic oxidation sites excluding steroid dienone is 2. The number of imide groups is 1. The Morgan fingerprint density at radius 2 is 2.17 bits per heavy atom. The predicted octanol–water partition coefficient (Wildman–Crippen LogP) is 2.54. The lowest BCUT2D eigenvalue weighted by Crippen LogP contribution is -2.52. The zero-order chi connectivity index (χ0) is 21.0. The quantitative estimate of drug-likeness (QED) is 0.281. The first kappa shape index (κ1) is 22.3. The Morgan fingerprint density at radius 1 is 1.38 bits per heavy atom. The van der Waals surface area contributed by atoms with Gasteiger partial charge in [0.1, 0.15) is 5.76 Å². The molecule has 3 rings (SSSR count). The minimum absolute atomic E-state index is 0.127. The molecule has 1 saturated heterocycles. The van der Waals surface area contributed by atoms with E-state index in [9.17, 15) is 19.5 Å². The Bertz CT molecular complexity index is 667. The van der Waals surface area contributed by atoms with Gasteiger partial charge in [0.05, 0.1) is 11.2 Å². The predicted molar refractivity (Wildman–Crippen MR) is 110 cm³/mol. The van der Waals surface area contributed by atoms with Crippen LogP contribution in [-0.4, -0.2) is 51.2 Å². The fraction of sp³-hybridized carbons (Fsp3) is 0.762. The standard InChI is InChI=1S/C21H32N2O5S/c1-3-29-17-12-18(24)23(19(17)25)21(27)22-15-9-8-13(2)10-14(11-15)20(26)28-16-6-4-5-7-16/h6,13-15,17,21-22,27H,3-5,7-12H2,1-2H3. The van der Waals surface area contributed by atoms with Crippen LogP contribution in [0.5, 0.6) is 0 Å². The molecule has 3 aliphatic rings. The maximum absolute atomic E-state index is 12.7. The van der Waals surface area contributed by atoms with Gasteiger partial charge in [-0.1, -0.05) is 13.8 Å². The third-order valence-corrected chi connectivity index (χ3v) is 7.07. The lowest BCUT2D eigenvalue weighted by Gasteiger charge is -2.28. The molecule has 5 atom stereocenters. The van der Waals surface area contributed by atoms with Crippen LogP contribution >= 0.6 is 11.8 Å². The van der Waals surface area contributed by atoms with Gasteiger partial charge in [0.15, 0.2) is 6.35 Å². The number of hydrogen-bond acceptors (Lipinski definition) is 7. The summed E-state index contributed by atoms with van der Waals surface area (Å²) in [6.07, 6.45) is 6.49. The van der Waals surface area contributed by atoms with Crippen molar-refractivity contribution in [2.45, 2.75) is 82.9 Å². The number of hydrogen-bond donors (Lipinski definition) is 2. The van der Waals surface area contributed by atoms with E-state index in [1.807, 2.05) is 13.0 Å². The SMILES string of the molecule is CCSC1CC(=O)N(C(O)NC2CCC(C)CC(C(=O)OC3=CCCC3)C2)C1=O. The molecule has 7 nitrogen and oxygen atoms in total. The number of nitrogens with one attached hydrogen (secondary N) is 1. The first-order valence-electron chi connectivity index (χ1n) is 10.7. The number of aliphatic hydroxyl groups is 1. The fourth-order valence-electron chi connectivity index (χ4n) is 4.43. The zero-order valence-corrected chi connectivity index (χ0v) is 18.1. The third kappa shape index (κ3) is 5.61. The van der Waals surface area contributed by atoms with Crippen LogP contribution in [-0.2, 0) is 19.1 Å². The van der Waals surface area contributed by atoms with Gasteiger partial charge >= 0.3 is 5.97 Å². The van der Waals surface area contributed by atoms with E-state index < -0.39 is 11.6 Å². The number of esters is 1. The molecule has 0 aromatic rings. The molecule has 29 heavy (non-hydrogen) atoms. The number of aliphatic hydroxyl groups excluding tert-OH is 1. The van der Waals surface area contributed by atoms with Crippen LogP contribution in [0.3, 0.4) is 0 Å². The Hall–Kier alpha value is -1.38. The molecule has 1 saturated carbocycles. The summed E-state index contributed by atoms with van der Waals surface area (Å²) >= 11 is 1.42. The van der Waals surface area contributed by atoms with Crippen LogP contribution in [0, 0.1) is 11.8 Å². The minimum atomic E-state index is -1.36. The van der Waals surface area contributed by atoms with Gasteiger partial charge in [0.2, 0.25) is 11.8 Å². The molecule has 2 N–H and O–H groups in total. The van der Waals surface area contributed by atoms with Crippen molar-refractivity contribution in [1.82, 2.24) is 10.2 Å². The second kappa shape index (κ2) is 10.1. The molecule has 5 unspecified atom stereocenters. The molecular weight excluding hydrogens is 392 g/mol. The van der Waals surface area contributed by atoms with Crippen molar-refractivity contribution in [2.75, 3.05) is 5.75 Å². The van der Waals surface area contributed by atoms with Crippen LogP contribution < -0.4 is 5.32 Å². The van der Waals surface area contributed by atoms with E-state index in [-0.39, 0.29) is 36.2 Å². The van der Waals surface area contributed by atoms with Gasteiger partial charge in [-0.05, 0) is 56.3 Å². The fourth-order valence-corrected chi connectivity index (χ4v) is 5.35. The Labute approximate surface area is 176 Å². The van der Waals surface area contributed by atoms with Gasteiger partial charge in [-0.3, -0.25) is 19.7 Å². The normalized spacial score (nSPS) is 31.6. The number of carbonyl (C=O) groups excluding carboxylic acids is 3. The Balaban J connectivity index is 1.61. The molecule has 2 aliphatic carbocycles. The van der Waals surface area contributed by atoms with Gasteiger partial charge in [0.25, 0.3) is 0 Å². The lowest BCUT2D eigenvalue weighted by molar-refractivity contribution is -0.153. The van der Waals surface area contributed by atoms with Crippen molar-refractivity contribution in [2.24, 2.45) is 11.8 Å². The van der Waals surface area contributed by atoms with Crippen LogP contribution in [0.25, 0.3) is 0 Å². The molecule has 0 aromatic carbocycles. The molecule has 162 valence electrons. The highest BCUT2D eigenvalue weighted by atomic mass is 32.2. The highest BCUT2D eigenvalue weighted by Gasteiger charge is 2.43. The monoisotopic (exact) mass is 424 g/mol. The molecule has 2 amide bonds. The maximum atomic E-state index is 12.7. The lowest BCUT2D eigenvalue weighted by atomic mass is 9.94. The molecule has 8 heteroatoms. The van der Waals surface area contributed by atoms with Crippen LogP contribution in [0.15, 0.2) is 11.8 Å². The number of nitrogens with zero attached hydrogens (tertiary/aromatic N) is 1. The minimum Gasteiger partial charge on any atom is -0.431 e. The van der Waals surface area contributed by atoms with Crippen molar-refractivity contribution < 1.29 is 24.2 Å². The maximum Gasteiger partial charge on any atom is 0.314 e. The van der Waals surface area contributed by atoms with Crippen molar-refractivity contribution in [3.63, 3.8) is 0 Å². The number of rotatable bonds is 7. The molecule has 0 radical (unpaired) electrons. The van der Waals surface area contributed by atoms with E-state index in [1.54, 1.807) is 0 Å². The van der Waals surface area contributed by atoms with Gasteiger partial charge in [0, 0.05) is 18.9 Å². The first-order valence-corrected chi connectivity index (χ1v) is 11.8. The van der Waals surface area contributed by atoms with Crippen molar-refractivity contribution in [3.05, 3.63) is 11.8 Å². The summed E-state index contributed by atoms with van der Waals surface area (Å²) in [5.41, 5.74) is 0. The average Bonchev–Trinajstić information content (AvgIpc) is 3.21. The van der Waals surface area contributed by atoms with E-state index >= 15 is 0 Å². The van der Waals surface area contributed by atoms with E-state index in [2.05, 4.69) is 12.2 Å². The molecule has 2 fully saturated rings. The zero-order valence-electron chi connectivity index (χ0n) is 17.3. The van der Waals surface area contributed by atoms with Crippen molar-refractivity contribution in [1.29, 1.82) is 0 Å². The second-order valence-corrected chi connectivity index (χ2v) is 9.80. The van der Waals surface area contributed by atoms with E-state index in [4.69, 9.17) is 4.74 Å². The summed E-state index contributed by atoms with van der Waals surface area (Å²) in [6.45, 7) is 4.06. The average molecular weight is 425 g/mol. The molecular formula is C21H32N2O5S. The van der Waals surface area contributed by atoms with Gasteiger partial charge < -0.3 is 9.84 Å².